The first kappa shape index (κ1) is 13.2. The topological polar surface area (TPSA) is 120 Å². The van der Waals surface area contributed by atoms with Crippen LogP contribution in [0.15, 0.2) is 36.4 Å². The summed E-state index contributed by atoms with van der Waals surface area (Å²) >= 11 is 0. The van der Waals surface area contributed by atoms with Crippen LogP contribution in [0.5, 0.6) is 0 Å². The van der Waals surface area contributed by atoms with Crippen molar-refractivity contribution in [3.05, 3.63) is 47.5 Å². The second-order valence-electron chi connectivity index (χ2n) is 3.20. The van der Waals surface area contributed by atoms with Crippen LogP contribution in [0.25, 0.3) is 0 Å². The van der Waals surface area contributed by atoms with Crippen LogP contribution in [0.1, 0.15) is 20.7 Å². The SMILES string of the molecule is NS(N)(=O)=O.O=C1C=CC(=O)c2ccccc21. The van der Waals surface area contributed by atoms with Crippen LogP contribution < -0.4 is 10.3 Å². The summed E-state index contributed by atoms with van der Waals surface area (Å²) in [6.07, 6.45) is 2.62. The molecule has 0 saturated heterocycles. The first-order valence-corrected chi connectivity index (χ1v) is 6.06. The quantitative estimate of drug-likeness (QED) is 0.664. The van der Waals surface area contributed by atoms with Gasteiger partial charge in [0.2, 0.25) is 0 Å². The summed E-state index contributed by atoms with van der Waals surface area (Å²) in [6.45, 7) is 0. The van der Waals surface area contributed by atoms with Crippen molar-refractivity contribution < 1.29 is 18.0 Å². The van der Waals surface area contributed by atoms with Gasteiger partial charge in [-0.3, -0.25) is 9.59 Å². The number of fused-ring (bicyclic) bond motifs is 1. The predicted molar refractivity (Wildman–Crippen MR) is 61.5 cm³/mol. The number of ketones is 2. The van der Waals surface area contributed by atoms with E-state index in [1.54, 1.807) is 24.3 Å². The summed E-state index contributed by atoms with van der Waals surface area (Å²) < 4.78 is 18.4. The summed E-state index contributed by atoms with van der Waals surface area (Å²) in [7, 11) is -3.67. The van der Waals surface area contributed by atoms with Crippen LogP contribution in [0.2, 0.25) is 0 Å². The van der Waals surface area contributed by atoms with Crippen molar-refractivity contribution >= 4 is 21.8 Å². The average molecular weight is 254 g/mol. The van der Waals surface area contributed by atoms with Gasteiger partial charge in [0.25, 0.3) is 10.2 Å². The normalized spacial score (nSPS) is 13.8. The lowest BCUT2D eigenvalue weighted by atomic mass is 9.95. The number of carbonyl (C=O) groups is 2. The zero-order valence-corrected chi connectivity index (χ0v) is 9.48. The average Bonchev–Trinajstić information content (AvgIpc) is 2.22. The maximum Gasteiger partial charge on any atom is 0.271 e. The molecular weight excluding hydrogens is 244 g/mol. The first-order valence-electron chi connectivity index (χ1n) is 4.45. The number of hydrogen-bond acceptors (Lipinski definition) is 4. The van der Waals surface area contributed by atoms with E-state index in [2.05, 4.69) is 10.3 Å². The third-order valence-corrected chi connectivity index (χ3v) is 1.84. The van der Waals surface area contributed by atoms with Gasteiger partial charge < -0.3 is 0 Å². The fraction of sp³-hybridized carbons (Fsp3) is 0. The molecule has 0 saturated carbocycles. The Bertz CT molecular complexity index is 545. The monoisotopic (exact) mass is 254 g/mol. The number of rotatable bonds is 0. The van der Waals surface area contributed by atoms with Gasteiger partial charge in [0, 0.05) is 11.1 Å². The third-order valence-electron chi connectivity index (χ3n) is 1.84. The standard InChI is InChI=1S/C10H6O2.H4N2O2S/c11-9-5-6-10(12)8-4-2-1-3-7(8)9;1-5(2,3)4/h1-6H;(H4,1,2,3,4). The van der Waals surface area contributed by atoms with E-state index in [4.69, 9.17) is 0 Å². The van der Waals surface area contributed by atoms with Gasteiger partial charge in [0.15, 0.2) is 11.6 Å². The molecule has 4 N–H and O–H groups in total. The van der Waals surface area contributed by atoms with Gasteiger partial charge in [0.1, 0.15) is 0 Å². The smallest absolute Gasteiger partial charge is 0.271 e. The molecule has 1 aliphatic carbocycles. The van der Waals surface area contributed by atoms with Gasteiger partial charge >= 0.3 is 0 Å². The number of allylic oxidation sites excluding steroid dienone is 2. The molecule has 0 aromatic heterocycles. The molecule has 0 spiro atoms. The Labute approximate surface area is 98.1 Å². The highest BCUT2D eigenvalue weighted by Gasteiger charge is 2.16. The summed E-state index contributed by atoms with van der Waals surface area (Å²) in [5.74, 6) is -0.185. The lowest BCUT2D eigenvalue weighted by molar-refractivity contribution is 0.0994. The van der Waals surface area contributed by atoms with Crippen molar-refractivity contribution in [2.24, 2.45) is 10.3 Å². The zero-order valence-electron chi connectivity index (χ0n) is 8.66. The lowest BCUT2D eigenvalue weighted by Crippen LogP contribution is -2.21. The van der Waals surface area contributed by atoms with Crippen molar-refractivity contribution in [2.45, 2.75) is 0 Å². The molecule has 0 atom stereocenters. The van der Waals surface area contributed by atoms with Crippen LogP contribution in [-0.2, 0) is 10.2 Å². The van der Waals surface area contributed by atoms with E-state index in [1.807, 2.05) is 0 Å². The van der Waals surface area contributed by atoms with Gasteiger partial charge in [-0.25, -0.2) is 10.3 Å². The van der Waals surface area contributed by atoms with E-state index >= 15 is 0 Å². The predicted octanol–water partition coefficient (Wildman–Crippen LogP) is -0.230. The summed E-state index contributed by atoms with van der Waals surface area (Å²) in [4.78, 5) is 22.4. The van der Waals surface area contributed by atoms with E-state index in [0.717, 1.165) is 0 Å². The summed E-state index contributed by atoms with van der Waals surface area (Å²) in [6, 6.07) is 6.84. The highest BCUT2D eigenvalue weighted by Crippen LogP contribution is 2.15. The van der Waals surface area contributed by atoms with E-state index < -0.39 is 10.2 Å². The fourth-order valence-electron chi connectivity index (χ4n) is 1.24. The van der Waals surface area contributed by atoms with Gasteiger partial charge in [-0.05, 0) is 12.2 Å². The lowest BCUT2D eigenvalue weighted by Gasteiger charge is -2.06. The van der Waals surface area contributed by atoms with Gasteiger partial charge in [-0.2, -0.15) is 8.42 Å². The van der Waals surface area contributed by atoms with Crippen LogP contribution in [0.4, 0.5) is 0 Å². The molecule has 90 valence electrons. The largest absolute Gasteiger partial charge is 0.289 e. The summed E-state index contributed by atoms with van der Waals surface area (Å²) in [5, 5.41) is 8.21. The number of carbonyl (C=O) groups excluding carboxylic acids is 2. The van der Waals surface area contributed by atoms with E-state index in [1.165, 1.54) is 12.2 Å². The summed E-state index contributed by atoms with van der Waals surface area (Å²) in [5.41, 5.74) is 1.01. The Balaban J connectivity index is 0.000000249. The Kier molecular flexibility index (Phi) is 3.89. The Morgan fingerprint density at radius 3 is 1.41 bits per heavy atom. The Morgan fingerprint density at radius 1 is 0.824 bits per heavy atom. The Morgan fingerprint density at radius 2 is 1.12 bits per heavy atom. The Hall–Kier alpha value is -1.83. The van der Waals surface area contributed by atoms with Crippen LogP contribution >= 0.6 is 0 Å². The van der Waals surface area contributed by atoms with E-state index in [-0.39, 0.29) is 11.6 Å². The number of hydrogen-bond donors (Lipinski definition) is 2. The van der Waals surface area contributed by atoms with Gasteiger partial charge in [0.05, 0.1) is 0 Å². The molecule has 0 aliphatic heterocycles. The molecule has 0 radical (unpaired) electrons. The van der Waals surface area contributed by atoms with E-state index in [0.29, 0.717) is 11.1 Å². The molecule has 0 unspecified atom stereocenters. The molecule has 7 heteroatoms. The molecule has 17 heavy (non-hydrogen) atoms. The molecule has 0 amide bonds. The van der Waals surface area contributed by atoms with Crippen molar-refractivity contribution in [2.75, 3.05) is 0 Å². The molecule has 1 aromatic carbocycles. The van der Waals surface area contributed by atoms with E-state index in [9.17, 15) is 18.0 Å². The molecule has 1 aliphatic rings. The molecule has 0 heterocycles. The fourth-order valence-corrected chi connectivity index (χ4v) is 1.24. The van der Waals surface area contributed by atoms with Gasteiger partial charge in [-0.15, -0.1) is 0 Å². The first-order chi connectivity index (χ1) is 7.79. The highest BCUT2D eigenvalue weighted by atomic mass is 32.2. The van der Waals surface area contributed by atoms with Crippen molar-refractivity contribution in [1.29, 1.82) is 0 Å². The third kappa shape index (κ3) is 4.27. The van der Waals surface area contributed by atoms with Gasteiger partial charge in [-0.1, -0.05) is 24.3 Å². The zero-order chi connectivity index (χ0) is 13.1. The molecular formula is C10H10N2O4S. The molecule has 6 nitrogen and oxygen atoms in total. The van der Waals surface area contributed by atoms with Crippen LogP contribution in [-0.4, -0.2) is 20.0 Å². The van der Waals surface area contributed by atoms with Crippen LogP contribution in [0.3, 0.4) is 0 Å². The second kappa shape index (κ2) is 5.00. The minimum atomic E-state index is -3.67. The maximum atomic E-state index is 11.2. The van der Waals surface area contributed by atoms with Crippen molar-refractivity contribution in [3.8, 4) is 0 Å². The minimum absolute atomic E-state index is 0.0924. The minimum Gasteiger partial charge on any atom is -0.289 e. The molecule has 2 rings (SSSR count). The highest BCUT2D eigenvalue weighted by molar-refractivity contribution is 7.86. The molecule has 0 bridgehead atoms. The van der Waals surface area contributed by atoms with Crippen molar-refractivity contribution in [3.63, 3.8) is 0 Å². The van der Waals surface area contributed by atoms with Crippen molar-refractivity contribution in [1.82, 2.24) is 0 Å². The molecule has 1 aromatic rings. The van der Waals surface area contributed by atoms with Crippen LogP contribution in [0, 0.1) is 0 Å². The number of benzene rings is 1. The second-order valence-corrected chi connectivity index (χ2v) is 4.37. The molecule has 0 fully saturated rings. The maximum absolute atomic E-state index is 11.2. The number of nitrogens with two attached hydrogens (primary N) is 2.